The summed E-state index contributed by atoms with van der Waals surface area (Å²) in [5.41, 5.74) is 0. The highest BCUT2D eigenvalue weighted by Crippen LogP contribution is 2.19. The van der Waals surface area contributed by atoms with E-state index in [9.17, 15) is 13.2 Å². The molecular weight excluding hydrogens is 316 g/mol. The Labute approximate surface area is 137 Å². The highest BCUT2D eigenvalue weighted by atomic mass is 32.2. The molecule has 7 heteroatoms. The van der Waals surface area contributed by atoms with E-state index < -0.39 is 10.0 Å². The number of sulfonamides is 1. The van der Waals surface area contributed by atoms with Gasteiger partial charge in [-0.3, -0.25) is 4.79 Å². The molecular formula is C16H24N2O4S. The van der Waals surface area contributed by atoms with Crippen LogP contribution in [-0.2, 0) is 14.8 Å². The fourth-order valence-corrected chi connectivity index (χ4v) is 3.51. The Bertz CT molecular complexity index is 618. The van der Waals surface area contributed by atoms with Crippen LogP contribution in [0.25, 0.3) is 0 Å². The van der Waals surface area contributed by atoms with E-state index >= 15 is 0 Å². The van der Waals surface area contributed by atoms with Crippen molar-refractivity contribution in [2.75, 3.05) is 26.0 Å². The van der Waals surface area contributed by atoms with Gasteiger partial charge in [-0.25, -0.2) is 12.7 Å². The zero-order valence-electron chi connectivity index (χ0n) is 13.6. The smallest absolute Gasteiger partial charge is 0.224 e. The number of carbonyl (C=O) groups excluding carboxylic acids is 1. The second-order valence-corrected chi connectivity index (χ2v) is 7.98. The minimum atomic E-state index is -3.24. The first kappa shape index (κ1) is 17.7. The van der Waals surface area contributed by atoms with Gasteiger partial charge in [0.2, 0.25) is 15.9 Å². The lowest BCUT2D eigenvalue weighted by Crippen LogP contribution is -2.47. The monoisotopic (exact) mass is 340 g/mol. The Morgan fingerprint density at radius 3 is 2.74 bits per heavy atom. The lowest BCUT2D eigenvalue weighted by Gasteiger charge is -2.30. The first-order valence-corrected chi connectivity index (χ1v) is 9.64. The number of amides is 1. The first-order chi connectivity index (χ1) is 10.9. The molecule has 1 aromatic carbocycles. The summed E-state index contributed by atoms with van der Waals surface area (Å²) < 4.78 is 30.2. The number of ether oxygens (including phenoxy) is 1. The van der Waals surface area contributed by atoms with Crippen LogP contribution in [0.5, 0.6) is 5.75 Å². The maximum Gasteiger partial charge on any atom is 0.224 e. The summed E-state index contributed by atoms with van der Waals surface area (Å²) in [4.78, 5) is 12.3. The van der Waals surface area contributed by atoms with Gasteiger partial charge >= 0.3 is 0 Å². The van der Waals surface area contributed by atoms with E-state index in [1.807, 2.05) is 37.3 Å². The molecule has 1 heterocycles. The molecule has 0 aliphatic carbocycles. The van der Waals surface area contributed by atoms with Crippen molar-refractivity contribution in [3.8, 4) is 5.75 Å². The highest BCUT2D eigenvalue weighted by Gasteiger charge is 2.30. The molecule has 6 nitrogen and oxygen atoms in total. The van der Waals surface area contributed by atoms with Crippen molar-refractivity contribution in [1.82, 2.24) is 9.62 Å². The maximum absolute atomic E-state index is 12.3. The highest BCUT2D eigenvalue weighted by molar-refractivity contribution is 7.88. The normalized spacial score (nSPS) is 20.7. The molecule has 1 aromatic rings. The molecule has 23 heavy (non-hydrogen) atoms. The Hall–Kier alpha value is -1.60. The predicted molar refractivity (Wildman–Crippen MR) is 88.7 cm³/mol. The lowest BCUT2D eigenvalue weighted by atomic mass is 9.98. The van der Waals surface area contributed by atoms with Gasteiger partial charge in [-0.15, -0.1) is 0 Å². The number of hydrogen-bond acceptors (Lipinski definition) is 4. The number of nitrogens with one attached hydrogen (secondary N) is 1. The predicted octanol–water partition coefficient (Wildman–Crippen LogP) is 1.24. The number of carbonyl (C=O) groups is 1. The zero-order chi connectivity index (χ0) is 16.9. The summed E-state index contributed by atoms with van der Waals surface area (Å²) in [6, 6.07) is 9.27. The van der Waals surface area contributed by atoms with Crippen molar-refractivity contribution in [2.24, 2.45) is 5.92 Å². The van der Waals surface area contributed by atoms with Gasteiger partial charge in [0, 0.05) is 13.1 Å². The first-order valence-electron chi connectivity index (χ1n) is 7.79. The van der Waals surface area contributed by atoms with Crippen LogP contribution in [0, 0.1) is 5.92 Å². The van der Waals surface area contributed by atoms with Gasteiger partial charge in [0.1, 0.15) is 12.4 Å². The quantitative estimate of drug-likeness (QED) is 0.845. The van der Waals surface area contributed by atoms with E-state index in [-0.39, 0.29) is 24.4 Å². The molecule has 1 fully saturated rings. The molecule has 0 spiro atoms. The van der Waals surface area contributed by atoms with Crippen LogP contribution in [0.2, 0.25) is 0 Å². The molecule has 1 saturated heterocycles. The van der Waals surface area contributed by atoms with Crippen LogP contribution < -0.4 is 10.1 Å². The topological polar surface area (TPSA) is 75.7 Å². The summed E-state index contributed by atoms with van der Waals surface area (Å²) in [6.45, 7) is 3.00. The molecule has 0 unspecified atom stereocenters. The van der Waals surface area contributed by atoms with Crippen LogP contribution in [0.1, 0.15) is 19.8 Å². The number of piperidine rings is 1. The number of nitrogens with zero attached hydrogens (tertiary/aromatic N) is 1. The van der Waals surface area contributed by atoms with Gasteiger partial charge in [-0.2, -0.15) is 0 Å². The zero-order valence-corrected chi connectivity index (χ0v) is 14.4. The maximum atomic E-state index is 12.3. The fourth-order valence-electron chi connectivity index (χ4n) is 2.60. The molecule has 1 amide bonds. The van der Waals surface area contributed by atoms with Gasteiger partial charge in [-0.05, 0) is 31.9 Å². The number of hydrogen-bond donors (Lipinski definition) is 1. The van der Waals surface area contributed by atoms with Crippen molar-refractivity contribution in [3.63, 3.8) is 0 Å². The minimum Gasteiger partial charge on any atom is -0.491 e. The molecule has 0 saturated carbocycles. The van der Waals surface area contributed by atoms with Gasteiger partial charge in [0.05, 0.1) is 18.2 Å². The van der Waals surface area contributed by atoms with E-state index in [1.165, 1.54) is 10.6 Å². The summed E-state index contributed by atoms with van der Waals surface area (Å²) in [5.74, 6) is 0.356. The molecule has 1 aliphatic rings. The largest absolute Gasteiger partial charge is 0.491 e. The third kappa shape index (κ3) is 5.51. The number of benzene rings is 1. The Morgan fingerprint density at radius 2 is 2.09 bits per heavy atom. The molecule has 2 atom stereocenters. The average molecular weight is 340 g/mol. The van der Waals surface area contributed by atoms with Gasteiger partial charge in [0.25, 0.3) is 0 Å². The van der Waals surface area contributed by atoms with Crippen molar-refractivity contribution in [3.05, 3.63) is 30.3 Å². The van der Waals surface area contributed by atoms with Crippen molar-refractivity contribution in [1.29, 1.82) is 0 Å². The second-order valence-electron chi connectivity index (χ2n) is 5.99. The number of para-hydroxylation sites is 1. The summed E-state index contributed by atoms with van der Waals surface area (Å²) in [6.07, 6.45) is 2.60. The molecule has 0 aromatic heterocycles. The summed E-state index contributed by atoms with van der Waals surface area (Å²) in [5, 5.41) is 2.91. The van der Waals surface area contributed by atoms with Crippen molar-refractivity contribution < 1.29 is 17.9 Å². The molecule has 0 bridgehead atoms. The molecule has 1 N–H and O–H groups in total. The Balaban J connectivity index is 1.81. The van der Waals surface area contributed by atoms with Gasteiger partial charge < -0.3 is 10.1 Å². The van der Waals surface area contributed by atoms with Crippen LogP contribution >= 0.6 is 0 Å². The fraction of sp³-hybridized carbons (Fsp3) is 0.562. The lowest BCUT2D eigenvalue weighted by molar-refractivity contribution is -0.126. The van der Waals surface area contributed by atoms with Crippen LogP contribution in [-0.4, -0.2) is 50.6 Å². The molecule has 1 aliphatic heterocycles. The summed E-state index contributed by atoms with van der Waals surface area (Å²) >= 11 is 0. The Morgan fingerprint density at radius 1 is 1.39 bits per heavy atom. The second kappa shape index (κ2) is 7.79. The van der Waals surface area contributed by atoms with Gasteiger partial charge in [-0.1, -0.05) is 18.2 Å². The SMILES string of the molecule is C[C@@H](COc1ccccc1)NC(=O)[C@H]1CCCN(S(C)(=O)=O)C1. The van der Waals surface area contributed by atoms with Crippen molar-refractivity contribution >= 4 is 15.9 Å². The minimum absolute atomic E-state index is 0.109. The van der Waals surface area contributed by atoms with Gasteiger partial charge in [0.15, 0.2) is 0 Å². The van der Waals surface area contributed by atoms with E-state index in [4.69, 9.17) is 4.74 Å². The van der Waals surface area contributed by atoms with E-state index in [0.29, 0.717) is 26.0 Å². The molecule has 128 valence electrons. The molecule has 0 radical (unpaired) electrons. The van der Waals surface area contributed by atoms with Crippen molar-refractivity contribution in [2.45, 2.75) is 25.8 Å². The van der Waals surface area contributed by atoms with Crippen LogP contribution in [0.4, 0.5) is 0 Å². The summed E-state index contributed by atoms with van der Waals surface area (Å²) in [7, 11) is -3.24. The third-order valence-corrected chi connectivity index (χ3v) is 5.13. The standard InChI is InChI=1S/C16H24N2O4S/c1-13(12-22-15-8-4-3-5-9-15)17-16(19)14-7-6-10-18(11-14)23(2,20)21/h3-5,8-9,13-14H,6-7,10-12H2,1-2H3,(H,17,19)/t13-,14-/m0/s1. The molecule has 2 rings (SSSR count). The van der Waals surface area contributed by atoms with E-state index in [1.54, 1.807) is 0 Å². The van der Waals surface area contributed by atoms with E-state index in [2.05, 4.69) is 5.32 Å². The third-order valence-electron chi connectivity index (χ3n) is 3.86. The Kier molecular flexibility index (Phi) is 6.01. The average Bonchev–Trinajstić information content (AvgIpc) is 2.53. The van der Waals surface area contributed by atoms with E-state index in [0.717, 1.165) is 5.75 Å². The number of rotatable bonds is 6. The van der Waals surface area contributed by atoms with Crippen LogP contribution in [0.15, 0.2) is 30.3 Å². The van der Waals surface area contributed by atoms with Crippen LogP contribution in [0.3, 0.4) is 0 Å².